The van der Waals surface area contributed by atoms with Crippen LogP contribution in [0.3, 0.4) is 0 Å². The highest BCUT2D eigenvalue weighted by Gasteiger charge is 2.27. The van der Waals surface area contributed by atoms with Crippen LogP contribution in [0.5, 0.6) is 0 Å². The summed E-state index contributed by atoms with van der Waals surface area (Å²) < 4.78 is 13.2. The number of H-pyrrole nitrogens is 1. The van der Waals surface area contributed by atoms with E-state index >= 15 is 0 Å². The predicted octanol–water partition coefficient (Wildman–Crippen LogP) is 4.10. The number of nitrogens with one attached hydrogen (secondary N) is 1. The lowest BCUT2D eigenvalue weighted by Gasteiger charge is -2.17. The van der Waals surface area contributed by atoms with E-state index in [2.05, 4.69) is 4.98 Å². The van der Waals surface area contributed by atoms with Crippen molar-refractivity contribution in [2.75, 3.05) is 0 Å². The van der Waals surface area contributed by atoms with E-state index in [0.29, 0.717) is 0 Å². The van der Waals surface area contributed by atoms with Crippen LogP contribution in [-0.2, 0) is 0 Å². The lowest BCUT2D eigenvalue weighted by Crippen LogP contribution is -2.11. The second-order valence-electron chi connectivity index (χ2n) is 5.05. The van der Waals surface area contributed by atoms with Crippen molar-refractivity contribution in [3.8, 4) is 12.1 Å². The fourth-order valence-corrected chi connectivity index (χ4v) is 2.75. The first-order valence-corrected chi connectivity index (χ1v) is 6.85. The third-order valence-corrected chi connectivity index (χ3v) is 3.80. The van der Waals surface area contributed by atoms with Crippen LogP contribution in [0.4, 0.5) is 4.39 Å². The van der Waals surface area contributed by atoms with E-state index < -0.39 is 11.8 Å². The number of nitrogens with zero attached hydrogens (tertiary/aromatic N) is 2. The van der Waals surface area contributed by atoms with Crippen molar-refractivity contribution in [2.24, 2.45) is 5.92 Å². The molecule has 22 heavy (non-hydrogen) atoms. The molecule has 1 unspecified atom stereocenters. The van der Waals surface area contributed by atoms with Crippen LogP contribution in [0.15, 0.2) is 54.7 Å². The Morgan fingerprint density at radius 3 is 2.32 bits per heavy atom. The molecule has 0 fully saturated rings. The van der Waals surface area contributed by atoms with Gasteiger partial charge in [0.15, 0.2) is 0 Å². The molecule has 3 aromatic rings. The molecule has 0 aliphatic rings. The number of para-hydroxylation sites is 1. The van der Waals surface area contributed by atoms with Gasteiger partial charge in [-0.25, -0.2) is 4.39 Å². The van der Waals surface area contributed by atoms with Gasteiger partial charge in [0.05, 0.1) is 12.1 Å². The molecule has 1 heterocycles. The van der Waals surface area contributed by atoms with E-state index in [1.807, 2.05) is 42.6 Å². The van der Waals surface area contributed by atoms with Gasteiger partial charge in [0.1, 0.15) is 11.7 Å². The van der Waals surface area contributed by atoms with Crippen LogP contribution in [-0.4, -0.2) is 4.98 Å². The van der Waals surface area contributed by atoms with Gasteiger partial charge in [0.25, 0.3) is 0 Å². The Morgan fingerprint density at radius 2 is 1.64 bits per heavy atom. The zero-order chi connectivity index (χ0) is 15.5. The molecule has 1 atom stereocenters. The zero-order valence-electron chi connectivity index (χ0n) is 11.6. The molecule has 1 aromatic heterocycles. The van der Waals surface area contributed by atoms with Gasteiger partial charge in [-0.2, -0.15) is 10.5 Å². The van der Waals surface area contributed by atoms with Crippen molar-refractivity contribution in [3.63, 3.8) is 0 Å². The minimum atomic E-state index is -0.843. The highest BCUT2D eigenvalue weighted by molar-refractivity contribution is 5.84. The number of hydrogen-bond donors (Lipinski definition) is 1. The zero-order valence-corrected chi connectivity index (χ0v) is 11.6. The first-order chi connectivity index (χ1) is 10.7. The third kappa shape index (κ3) is 2.32. The van der Waals surface area contributed by atoms with Crippen molar-refractivity contribution in [1.29, 1.82) is 10.5 Å². The van der Waals surface area contributed by atoms with Gasteiger partial charge in [-0.3, -0.25) is 0 Å². The fraction of sp³-hybridized carbons (Fsp3) is 0.111. The number of benzene rings is 2. The molecule has 2 aromatic carbocycles. The Balaban J connectivity index is 2.20. The minimum absolute atomic E-state index is 0.341. The smallest absolute Gasteiger partial charge is 0.144 e. The molecule has 1 N–H and O–H groups in total. The summed E-state index contributed by atoms with van der Waals surface area (Å²) in [6.45, 7) is 0. The van der Waals surface area contributed by atoms with Crippen LogP contribution >= 0.6 is 0 Å². The van der Waals surface area contributed by atoms with Crippen LogP contribution in [0.1, 0.15) is 17.0 Å². The molecule has 106 valence electrons. The number of rotatable bonds is 3. The van der Waals surface area contributed by atoms with Crippen LogP contribution in [0.2, 0.25) is 0 Å². The molecule has 0 aliphatic carbocycles. The highest BCUT2D eigenvalue weighted by Crippen LogP contribution is 2.36. The Labute approximate surface area is 127 Å². The van der Waals surface area contributed by atoms with E-state index in [1.54, 1.807) is 12.1 Å². The van der Waals surface area contributed by atoms with E-state index in [1.165, 1.54) is 12.1 Å². The highest BCUT2D eigenvalue weighted by atomic mass is 19.1. The molecule has 0 amide bonds. The lowest BCUT2D eigenvalue weighted by atomic mass is 9.82. The van der Waals surface area contributed by atoms with Crippen LogP contribution < -0.4 is 0 Å². The maximum absolute atomic E-state index is 13.2. The van der Waals surface area contributed by atoms with Crippen molar-refractivity contribution in [2.45, 2.75) is 5.92 Å². The predicted molar refractivity (Wildman–Crippen MR) is 81.3 cm³/mol. The average molecular weight is 289 g/mol. The lowest BCUT2D eigenvalue weighted by molar-refractivity contribution is 0.624. The number of nitriles is 2. The molecule has 0 saturated carbocycles. The molecule has 3 nitrogen and oxygen atoms in total. The summed E-state index contributed by atoms with van der Waals surface area (Å²) in [4.78, 5) is 3.16. The van der Waals surface area contributed by atoms with Crippen molar-refractivity contribution < 1.29 is 4.39 Å². The van der Waals surface area contributed by atoms with Gasteiger partial charge in [0.2, 0.25) is 0 Å². The monoisotopic (exact) mass is 289 g/mol. The molecule has 0 radical (unpaired) electrons. The van der Waals surface area contributed by atoms with E-state index in [0.717, 1.165) is 22.0 Å². The van der Waals surface area contributed by atoms with Crippen LogP contribution in [0, 0.1) is 34.4 Å². The Hall–Kier alpha value is -3.11. The number of aromatic nitrogens is 1. The summed E-state index contributed by atoms with van der Waals surface area (Å²) in [6.07, 6.45) is 1.82. The molecular weight excluding hydrogens is 277 g/mol. The van der Waals surface area contributed by atoms with Crippen molar-refractivity contribution >= 4 is 10.9 Å². The quantitative estimate of drug-likeness (QED) is 0.788. The second-order valence-corrected chi connectivity index (χ2v) is 5.05. The fourth-order valence-electron chi connectivity index (χ4n) is 2.75. The number of hydrogen-bond acceptors (Lipinski definition) is 2. The Kier molecular flexibility index (Phi) is 3.60. The second kappa shape index (κ2) is 5.71. The molecule has 0 spiro atoms. The number of fused-ring (bicyclic) bond motifs is 1. The molecule has 0 bridgehead atoms. The normalized spacial score (nSPS) is 12.0. The van der Waals surface area contributed by atoms with Gasteiger partial charge in [-0.05, 0) is 29.3 Å². The average Bonchev–Trinajstić information content (AvgIpc) is 2.97. The van der Waals surface area contributed by atoms with Gasteiger partial charge in [0, 0.05) is 23.0 Å². The van der Waals surface area contributed by atoms with Gasteiger partial charge in [-0.1, -0.05) is 30.3 Å². The minimum Gasteiger partial charge on any atom is -0.361 e. The van der Waals surface area contributed by atoms with Gasteiger partial charge in [-0.15, -0.1) is 0 Å². The molecule has 3 rings (SSSR count). The Bertz CT molecular complexity index is 867. The van der Waals surface area contributed by atoms with E-state index in [4.69, 9.17) is 0 Å². The number of halogens is 1. The van der Waals surface area contributed by atoms with E-state index in [-0.39, 0.29) is 5.82 Å². The molecule has 4 heteroatoms. The van der Waals surface area contributed by atoms with Gasteiger partial charge < -0.3 is 4.98 Å². The summed E-state index contributed by atoms with van der Waals surface area (Å²) >= 11 is 0. The van der Waals surface area contributed by atoms with Gasteiger partial charge >= 0.3 is 0 Å². The molecule has 0 saturated heterocycles. The van der Waals surface area contributed by atoms with Crippen LogP contribution in [0.25, 0.3) is 10.9 Å². The maximum atomic E-state index is 13.2. The summed E-state index contributed by atoms with van der Waals surface area (Å²) in [7, 11) is 0. The maximum Gasteiger partial charge on any atom is 0.144 e. The van der Waals surface area contributed by atoms with Crippen molar-refractivity contribution in [1.82, 2.24) is 4.98 Å². The SMILES string of the molecule is N#CC(C#N)C(c1ccc(F)cc1)c1c[nH]c2ccccc12. The standard InChI is InChI=1S/C18H12FN3/c19-14-7-5-12(6-8-14)18(13(9-20)10-21)16-11-22-17-4-2-1-3-15(16)17/h1-8,11,13,18,22H. The summed E-state index contributed by atoms with van der Waals surface area (Å²) in [6, 6.07) is 17.8. The number of aromatic amines is 1. The molecular formula is C18H12FN3. The molecule has 0 aliphatic heterocycles. The largest absolute Gasteiger partial charge is 0.361 e. The van der Waals surface area contributed by atoms with E-state index in [9.17, 15) is 14.9 Å². The third-order valence-electron chi connectivity index (χ3n) is 3.80. The summed E-state index contributed by atoms with van der Waals surface area (Å²) in [5.74, 6) is -1.61. The first-order valence-electron chi connectivity index (χ1n) is 6.85. The first kappa shape index (κ1) is 13.9. The summed E-state index contributed by atoms with van der Waals surface area (Å²) in [5.41, 5.74) is 2.56. The Morgan fingerprint density at radius 1 is 0.955 bits per heavy atom. The topological polar surface area (TPSA) is 63.4 Å². The van der Waals surface area contributed by atoms with Crippen molar-refractivity contribution in [3.05, 3.63) is 71.7 Å². The summed E-state index contributed by atoms with van der Waals surface area (Å²) in [5, 5.41) is 19.6.